The van der Waals surface area contributed by atoms with E-state index in [4.69, 9.17) is 14.3 Å². The van der Waals surface area contributed by atoms with Crippen molar-refractivity contribution in [1.29, 1.82) is 0 Å². The zero-order valence-electron chi connectivity index (χ0n) is 16.9. The third-order valence-electron chi connectivity index (χ3n) is 5.61. The fourth-order valence-electron chi connectivity index (χ4n) is 4.96. The summed E-state index contributed by atoms with van der Waals surface area (Å²) in [6.45, 7) is 7.69. The Balaban J connectivity index is 1.55. The van der Waals surface area contributed by atoms with Gasteiger partial charge in [-0.05, 0) is 48.3 Å². The zero-order valence-corrected chi connectivity index (χ0v) is 16.9. The molecule has 0 radical (unpaired) electrons. The molecule has 0 aromatic heterocycles. The predicted molar refractivity (Wildman–Crippen MR) is 104 cm³/mol. The number of ether oxygens (including phenoxy) is 2. The molecule has 1 heterocycles. The number of fused-ring (bicyclic) bond motifs is 2. The summed E-state index contributed by atoms with van der Waals surface area (Å²) in [6, 6.07) is 5.78. The lowest BCUT2D eigenvalue weighted by atomic mass is 9.65. The van der Waals surface area contributed by atoms with Crippen molar-refractivity contribution in [3.63, 3.8) is 0 Å². The lowest BCUT2D eigenvalue weighted by Gasteiger charge is -2.39. The predicted octanol–water partition coefficient (Wildman–Crippen LogP) is 3.48. The minimum atomic E-state index is -0.0310. The van der Waals surface area contributed by atoms with Crippen molar-refractivity contribution < 1.29 is 19.1 Å². The van der Waals surface area contributed by atoms with E-state index in [0.29, 0.717) is 23.0 Å². The van der Waals surface area contributed by atoms with Gasteiger partial charge in [-0.15, -0.1) is 0 Å². The Hall–Kier alpha value is -2.24. The van der Waals surface area contributed by atoms with Crippen LogP contribution in [0.1, 0.15) is 45.6 Å². The summed E-state index contributed by atoms with van der Waals surface area (Å²) in [5, 5.41) is 3.95. The van der Waals surface area contributed by atoms with Gasteiger partial charge in [0.25, 0.3) is 5.91 Å². The van der Waals surface area contributed by atoms with E-state index in [1.807, 2.05) is 11.0 Å². The van der Waals surface area contributed by atoms with Crippen LogP contribution < -0.4 is 9.47 Å². The smallest absolute Gasteiger partial charge is 0.263 e. The summed E-state index contributed by atoms with van der Waals surface area (Å²) in [7, 11) is 3.18. The lowest BCUT2D eigenvalue weighted by molar-refractivity contribution is -0.137. The molecule has 1 amide bonds. The van der Waals surface area contributed by atoms with Gasteiger partial charge in [0.2, 0.25) is 0 Å². The molecule has 6 nitrogen and oxygen atoms in total. The van der Waals surface area contributed by atoms with Crippen LogP contribution in [0.5, 0.6) is 11.5 Å². The maximum atomic E-state index is 12.6. The average molecular weight is 374 g/mol. The Morgan fingerprint density at radius 1 is 1.22 bits per heavy atom. The number of nitrogens with zero attached hydrogens (tertiary/aromatic N) is 2. The summed E-state index contributed by atoms with van der Waals surface area (Å²) in [6.07, 6.45) is 4.89. The highest BCUT2D eigenvalue weighted by molar-refractivity contribution is 5.81. The van der Waals surface area contributed by atoms with Gasteiger partial charge < -0.3 is 19.2 Å². The van der Waals surface area contributed by atoms with Gasteiger partial charge >= 0.3 is 0 Å². The standard InChI is InChI=1S/C21H30N2O4/c1-20(2)9-16-10-21(3,13-20)14-23(16)19(24)12-27-22-11-15-6-7-17(25-4)18(8-15)26-5/h6-8,11,16H,9-10,12-14H2,1-5H3/b22-11-/t16-,21+/m0/s1. The third kappa shape index (κ3) is 4.37. The van der Waals surface area contributed by atoms with Gasteiger partial charge in [-0.25, -0.2) is 0 Å². The number of methoxy groups -OCH3 is 2. The van der Waals surface area contributed by atoms with Crippen LogP contribution in [-0.2, 0) is 9.63 Å². The second-order valence-electron chi connectivity index (χ2n) is 8.86. The Morgan fingerprint density at radius 3 is 2.67 bits per heavy atom. The normalized spacial score (nSPS) is 26.3. The van der Waals surface area contributed by atoms with Crippen molar-refractivity contribution in [3.05, 3.63) is 23.8 Å². The molecule has 1 aliphatic heterocycles. The molecule has 2 atom stereocenters. The molecular weight excluding hydrogens is 344 g/mol. The lowest BCUT2D eigenvalue weighted by Crippen LogP contribution is -2.39. The molecule has 0 N–H and O–H groups in total. The number of amides is 1. The Labute approximate surface area is 161 Å². The van der Waals surface area contributed by atoms with E-state index in [0.717, 1.165) is 24.9 Å². The number of likely N-dealkylation sites (tertiary alicyclic amines) is 1. The number of rotatable bonds is 6. The fourth-order valence-corrected chi connectivity index (χ4v) is 4.96. The molecule has 0 spiro atoms. The Bertz CT molecular complexity index is 731. The molecule has 1 aromatic rings. The van der Waals surface area contributed by atoms with Gasteiger partial charge in [0.15, 0.2) is 18.1 Å². The van der Waals surface area contributed by atoms with Crippen LogP contribution in [0.15, 0.2) is 23.4 Å². The molecule has 148 valence electrons. The first-order valence-electron chi connectivity index (χ1n) is 9.42. The number of carbonyl (C=O) groups excluding carboxylic acids is 1. The van der Waals surface area contributed by atoms with Crippen LogP contribution in [0.2, 0.25) is 0 Å². The summed E-state index contributed by atoms with van der Waals surface area (Å²) in [5.74, 6) is 1.30. The highest BCUT2D eigenvalue weighted by Gasteiger charge is 2.50. The maximum absolute atomic E-state index is 12.6. The van der Waals surface area contributed by atoms with Crippen molar-refractivity contribution in [2.75, 3.05) is 27.4 Å². The summed E-state index contributed by atoms with van der Waals surface area (Å²) in [4.78, 5) is 19.9. The first kappa shape index (κ1) is 19.5. The van der Waals surface area contributed by atoms with Gasteiger partial charge in [0.05, 0.1) is 20.4 Å². The molecular formula is C21H30N2O4. The molecule has 6 heteroatoms. The van der Waals surface area contributed by atoms with Gasteiger partial charge in [0.1, 0.15) is 0 Å². The van der Waals surface area contributed by atoms with Crippen LogP contribution in [0.4, 0.5) is 0 Å². The van der Waals surface area contributed by atoms with E-state index in [1.54, 1.807) is 32.6 Å². The van der Waals surface area contributed by atoms with E-state index >= 15 is 0 Å². The molecule has 3 rings (SSSR count). The molecule has 2 aliphatic rings. The Kier molecular flexibility index (Phi) is 5.36. The van der Waals surface area contributed by atoms with E-state index < -0.39 is 0 Å². The van der Waals surface area contributed by atoms with Gasteiger partial charge in [-0.2, -0.15) is 0 Å². The molecule has 1 saturated heterocycles. The fraction of sp³-hybridized carbons (Fsp3) is 0.619. The molecule has 1 aliphatic carbocycles. The highest BCUT2D eigenvalue weighted by atomic mass is 16.6. The summed E-state index contributed by atoms with van der Waals surface area (Å²) >= 11 is 0. The van der Waals surface area contributed by atoms with Crippen LogP contribution >= 0.6 is 0 Å². The maximum Gasteiger partial charge on any atom is 0.263 e. The number of hydrogen-bond acceptors (Lipinski definition) is 5. The minimum Gasteiger partial charge on any atom is -0.493 e. The van der Waals surface area contributed by atoms with Crippen molar-refractivity contribution in [3.8, 4) is 11.5 Å². The van der Waals surface area contributed by atoms with E-state index in [-0.39, 0.29) is 17.9 Å². The largest absolute Gasteiger partial charge is 0.493 e. The monoisotopic (exact) mass is 374 g/mol. The molecule has 2 bridgehead atoms. The van der Waals surface area contributed by atoms with Crippen LogP contribution in [0.3, 0.4) is 0 Å². The quantitative estimate of drug-likeness (QED) is 0.565. The van der Waals surface area contributed by atoms with Crippen molar-refractivity contribution >= 4 is 12.1 Å². The first-order chi connectivity index (χ1) is 12.8. The second-order valence-corrected chi connectivity index (χ2v) is 8.86. The zero-order chi connectivity index (χ0) is 19.7. The van der Waals surface area contributed by atoms with Crippen LogP contribution in [0, 0.1) is 10.8 Å². The van der Waals surface area contributed by atoms with Gasteiger partial charge in [-0.3, -0.25) is 4.79 Å². The molecule has 27 heavy (non-hydrogen) atoms. The molecule has 1 aromatic carbocycles. The van der Waals surface area contributed by atoms with E-state index in [9.17, 15) is 4.79 Å². The third-order valence-corrected chi connectivity index (χ3v) is 5.61. The number of carbonyl (C=O) groups is 1. The number of hydrogen-bond donors (Lipinski definition) is 0. The Morgan fingerprint density at radius 2 is 1.96 bits per heavy atom. The SMILES string of the molecule is COc1ccc(/C=N\OCC(=O)N2C[C@]3(C)C[C@@H]2CC(C)(C)C3)cc1OC. The summed E-state index contributed by atoms with van der Waals surface area (Å²) < 4.78 is 10.5. The number of oxime groups is 1. The highest BCUT2D eigenvalue weighted by Crippen LogP contribution is 2.52. The minimum absolute atomic E-state index is 0.0193. The average Bonchev–Trinajstić information content (AvgIpc) is 2.87. The molecule has 0 unspecified atom stereocenters. The van der Waals surface area contributed by atoms with Crippen molar-refractivity contribution in [1.82, 2.24) is 4.90 Å². The summed E-state index contributed by atoms with van der Waals surface area (Å²) in [5.41, 5.74) is 1.33. The second kappa shape index (κ2) is 7.41. The molecule has 1 saturated carbocycles. The van der Waals surface area contributed by atoms with Crippen molar-refractivity contribution in [2.24, 2.45) is 16.0 Å². The van der Waals surface area contributed by atoms with Gasteiger partial charge in [-0.1, -0.05) is 25.9 Å². The number of benzene rings is 1. The van der Waals surface area contributed by atoms with E-state index in [1.165, 1.54) is 6.42 Å². The van der Waals surface area contributed by atoms with Crippen LogP contribution in [-0.4, -0.2) is 50.4 Å². The van der Waals surface area contributed by atoms with Crippen molar-refractivity contribution in [2.45, 2.75) is 46.1 Å². The van der Waals surface area contributed by atoms with Crippen LogP contribution in [0.25, 0.3) is 0 Å². The van der Waals surface area contributed by atoms with Gasteiger partial charge in [0, 0.05) is 18.2 Å². The van der Waals surface area contributed by atoms with E-state index in [2.05, 4.69) is 25.9 Å². The first-order valence-corrected chi connectivity index (χ1v) is 9.42. The topological polar surface area (TPSA) is 60.4 Å². The molecule has 2 fully saturated rings.